The van der Waals surface area contributed by atoms with Crippen LogP contribution >= 0.6 is 24.0 Å². The minimum atomic E-state index is 0. The minimum Gasteiger partial charge on any atom is -0.356 e. The summed E-state index contributed by atoms with van der Waals surface area (Å²) in [4.78, 5) is 6.90. The molecule has 1 atom stereocenters. The van der Waals surface area contributed by atoms with E-state index in [0.29, 0.717) is 5.92 Å². The van der Waals surface area contributed by atoms with Crippen molar-refractivity contribution in [2.75, 3.05) is 39.8 Å². The van der Waals surface area contributed by atoms with Gasteiger partial charge in [0.05, 0.1) is 5.69 Å². The quantitative estimate of drug-likeness (QED) is 0.352. The molecule has 1 saturated heterocycles. The zero-order chi connectivity index (χ0) is 18.9. The van der Waals surface area contributed by atoms with Gasteiger partial charge in [0.15, 0.2) is 5.96 Å². The van der Waals surface area contributed by atoms with Crippen molar-refractivity contribution in [2.45, 2.75) is 26.2 Å². The third kappa shape index (κ3) is 6.77. The first-order valence-corrected chi connectivity index (χ1v) is 10.0. The molecule has 28 heavy (non-hydrogen) atoms. The topological polar surface area (TPSA) is 57.5 Å². The average Bonchev–Trinajstić information content (AvgIpc) is 3.26. The van der Waals surface area contributed by atoms with Crippen LogP contribution in [0, 0.1) is 5.92 Å². The molecule has 0 amide bonds. The predicted octanol–water partition coefficient (Wildman–Crippen LogP) is 2.93. The number of halogens is 1. The van der Waals surface area contributed by atoms with Crippen molar-refractivity contribution in [3.05, 3.63) is 48.3 Å². The Kier molecular flexibility index (Phi) is 9.77. The van der Waals surface area contributed by atoms with E-state index in [1.165, 1.54) is 31.5 Å². The van der Waals surface area contributed by atoms with E-state index in [2.05, 4.69) is 56.8 Å². The van der Waals surface area contributed by atoms with Crippen LogP contribution in [0.3, 0.4) is 0 Å². The van der Waals surface area contributed by atoms with Crippen LogP contribution in [-0.2, 0) is 6.42 Å². The second-order valence-electron chi connectivity index (χ2n) is 7.15. The largest absolute Gasteiger partial charge is 0.356 e. The fourth-order valence-electron chi connectivity index (χ4n) is 3.63. The van der Waals surface area contributed by atoms with E-state index in [9.17, 15) is 0 Å². The van der Waals surface area contributed by atoms with Gasteiger partial charge in [0.2, 0.25) is 0 Å². The van der Waals surface area contributed by atoms with E-state index in [1.807, 2.05) is 24.0 Å². The molecule has 154 valence electrons. The molecule has 0 aliphatic carbocycles. The molecule has 0 saturated carbocycles. The Balaban J connectivity index is 0.00000280. The van der Waals surface area contributed by atoms with Gasteiger partial charge in [-0.05, 0) is 62.0 Å². The fourth-order valence-corrected chi connectivity index (χ4v) is 3.63. The first-order chi connectivity index (χ1) is 13.3. The van der Waals surface area contributed by atoms with Gasteiger partial charge in [-0.2, -0.15) is 5.10 Å². The second-order valence-corrected chi connectivity index (χ2v) is 7.15. The number of hydrogen-bond acceptors (Lipinski definition) is 3. The highest BCUT2D eigenvalue weighted by Gasteiger charge is 2.18. The molecule has 1 aliphatic heterocycles. The van der Waals surface area contributed by atoms with E-state index in [1.54, 1.807) is 6.20 Å². The Morgan fingerprint density at radius 3 is 2.75 bits per heavy atom. The van der Waals surface area contributed by atoms with Gasteiger partial charge in [-0.3, -0.25) is 4.99 Å². The van der Waals surface area contributed by atoms with E-state index in [-0.39, 0.29) is 24.0 Å². The van der Waals surface area contributed by atoms with Crippen molar-refractivity contribution in [2.24, 2.45) is 10.9 Å². The van der Waals surface area contributed by atoms with E-state index >= 15 is 0 Å². The van der Waals surface area contributed by atoms with Crippen molar-refractivity contribution in [1.82, 2.24) is 25.3 Å². The summed E-state index contributed by atoms with van der Waals surface area (Å²) in [7, 11) is 1.84. The van der Waals surface area contributed by atoms with Gasteiger partial charge in [-0.15, -0.1) is 24.0 Å². The first-order valence-electron chi connectivity index (χ1n) is 10.0. The Bertz CT molecular complexity index is 698. The van der Waals surface area contributed by atoms with Crippen LogP contribution in [0.25, 0.3) is 5.69 Å². The van der Waals surface area contributed by atoms with Gasteiger partial charge in [-0.1, -0.05) is 19.1 Å². The summed E-state index contributed by atoms with van der Waals surface area (Å²) in [6, 6.07) is 10.5. The van der Waals surface area contributed by atoms with Crippen molar-refractivity contribution in [3.8, 4) is 5.69 Å². The molecule has 0 radical (unpaired) electrons. The normalized spacial score (nSPS) is 17.8. The Hall–Kier alpha value is -1.61. The fraction of sp³-hybridized carbons (Fsp3) is 0.524. The van der Waals surface area contributed by atoms with E-state index < -0.39 is 0 Å². The van der Waals surface area contributed by atoms with Crippen LogP contribution in [0.15, 0.2) is 47.7 Å². The number of guanidine groups is 1. The molecule has 1 aromatic heterocycles. The van der Waals surface area contributed by atoms with Gasteiger partial charge in [0.25, 0.3) is 0 Å². The molecule has 0 bridgehead atoms. The lowest BCUT2D eigenvalue weighted by Gasteiger charge is -2.32. The number of aliphatic imine (C=N–C) groups is 1. The highest BCUT2D eigenvalue weighted by molar-refractivity contribution is 14.0. The first kappa shape index (κ1) is 22.7. The molecule has 1 fully saturated rings. The molecule has 6 nitrogen and oxygen atoms in total. The monoisotopic (exact) mass is 496 g/mol. The van der Waals surface area contributed by atoms with Crippen LogP contribution < -0.4 is 10.6 Å². The molecule has 0 spiro atoms. The minimum absolute atomic E-state index is 0. The zero-order valence-electron chi connectivity index (χ0n) is 17.0. The predicted molar refractivity (Wildman–Crippen MR) is 127 cm³/mol. The Labute approximate surface area is 185 Å². The molecule has 1 aliphatic rings. The standard InChI is InChI=1S/C21H32N6.HI/c1-3-26-14-4-6-19(17-26)16-24-21(22-2)23-13-11-18-7-9-20(10-8-18)27-15-5-12-25-27;/h5,7-10,12,15,19H,3-4,6,11,13-14,16-17H2,1-2H3,(H2,22,23,24);1H. The zero-order valence-corrected chi connectivity index (χ0v) is 19.3. The Morgan fingerprint density at radius 1 is 1.25 bits per heavy atom. The molecule has 2 aromatic rings. The number of rotatable bonds is 7. The third-order valence-corrected chi connectivity index (χ3v) is 5.24. The summed E-state index contributed by atoms with van der Waals surface area (Å²) in [5.41, 5.74) is 2.39. The number of benzene rings is 1. The van der Waals surface area contributed by atoms with Gasteiger partial charge >= 0.3 is 0 Å². The molecule has 3 rings (SSSR count). The van der Waals surface area contributed by atoms with E-state index in [0.717, 1.165) is 37.7 Å². The second kappa shape index (κ2) is 12.1. The lowest BCUT2D eigenvalue weighted by Crippen LogP contribution is -2.44. The van der Waals surface area contributed by atoms with Crippen molar-refractivity contribution >= 4 is 29.9 Å². The molecule has 2 N–H and O–H groups in total. The third-order valence-electron chi connectivity index (χ3n) is 5.24. The van der Waals surface area contributed by atoms with Crippen molar-refractivity contribution in [3.63, 3.8) is 0 Å². The Morgan fingerprint density at radius 2 is 2.07 bits per heavy atom. The number of hydrogen-bond donors (Lipinski definition) is 2. The van der Waals surface area contributed by atoms with Gasteiger partial charge < -0.3 is 15.5 Å². The molecular formula is C21H33IN6. The maximum Gasteiger partial charge on any atom is 0.190 e. The summed E-state index contributed by atoms with van der Waals surface area (Å²) in [5, 5.41) is 11.2. The van der Waals surface area contributed by atoms with Crippen LogP contribution in [0.4, 0.5) is 0 Å². The molecule has 1 aromatic carbocycles. The van der Waals surface area contributed by atoms with Gasteiger partial charge in [0, 0.05) is 39.1 Å². The van der Waals surface area contributed by atoms with Crippen LogP contribution in [-0.4, -0.2) is 60.4 Å². The molecule has 1 unspecified atom stereocenters. The molecular weight excluding hydrogens is 463 g/mol. The van der Waals surface area contributed by atoms with Crippen LogP contribution in [0.2, 0.25) is 0 Å². The van der Waals surface area contributed by atoms with Gasteiger partial charge in [0.1, 0.15) is 0 Å². The SMILES string of the molecule is CCN1CCCC(CNC(=NC)NCCc2ccc(-n3cccn3)cc2)C1.I. The number of nitrogens with zero attached hydrogens (tertiary/aromatic N) is 4. The van der Waals surface area contributed by atoms with Crippen LogP contribution in [0.1, 0.15) is 25.3 Å². The molecule has 2 heterocycles. The number of likely N-dealkylation sites (tertiary alicyclic amines) is 1. The number of nitrogens with one attached hydrogen (secondary N) is 2. The highest BCUT2D eigenvalue weighted by atomic mass is 127. The lowest BCUT2D eigenvalue weighted by molar-refractivity contribution is 0.183. The summed E-state index contributed by atoms with van der Waals surface area (Å²) in [5.74, 6) is 1.61. The number of piperidine rings is 1. The maximum atomic E-state index is 4.36. The summed E-state index contributed by atoms with van der Waals surface area (Å²) >= 11 is 0. The summed E-state index contributed by atoms with van der Waals surface area (Å²) in [6.45, 7) is 7.71. The average molecular weight is 496 g/mol. The lowest BCUT2D eigenvalue weighted by atomic mass is 9.98. The van der Waals surface area contributed by atoms with E-state index in [4.69, 9.17) is 0 Å². The summed E-state index contributed by atoms with van der Waals surface area (Å²) in [6.07, 6.45) is 7.33. The maximum absolute atomic E-state index is 4.36. The molecule has 7 heteroatoms. The van der Waals surface area contributed by atoms with Crippen molar-refractivity contribution in [1.29, 1.82) is 0 Å². The van der Waals surface area contributed by atoms with Crippen molar-refractivity contribution < 1.29 is 0 Å². The van der Waals surface area contributed by atoms with Gasteiger partial charge in [-0.25, -0.2) is 4.68 Å². The summed E-state index contributed by atoms with van der Waals surface area (Å²) < 4.78 is 1.87. The smallest absolute Gasteiger partial charge is 0.190 e. The van der Waals surface area contributed by atoms with Crippen LogP contribution in [0.5, 0.6) is 0 Å². The highest BCUT2D eigenvalue weighted by Crippen LogP contribution is 2.15. The number of aromatic nitrogens is 2.